The minimum atomic E-state index is -0.158. The van der Waals surface area contributed by atoms with Gasteiger partial charge in [0.15, 0.2) is 6.61 Å². The Balaban J connectivity index is 1.50. The third-order valence-electron chi connectivity index (χ3n) is 5.23. The molecule has 0 saturated heterocycles. The predicted molar refractivity (Wildman–Crippen MR) is 113 cm³/mol. The van der Waals surface area contributed by atoms with Crippen molar-refractivity contribution < 1.29 is 14.3 Å². The molecule has 2 aromatic carbocycles. The summed E-state index contributed by atoms with van der Waals surface area (Å²) in [5, 5.41) is 0. The molecule has 0 spiro atoms. The predicted octanol–water partition coefficient (Wildman–Crippen LogP) is 2.72. The molecule has 7 heteroatoms. The largest absolute Gasteiger partial charge is 0.497 e. The van der Waals surface area contributed by atoms with Gasteiger partial charge < -0.3 is 19.4 Å². The lowest BCUT2D eigenvalue weighted by Gasteiger charge is -2.28. The lowest BCUT2D eigenvalue weighted by Crippen LogP contribution is -2.41. The minimum Gasteiger partial charge on any atom is -0.497 e. The molecule has 0 fully saturated rings. The van der Waals surface area contributed by atoms with Crippen LogP contribution in [0.4, 0.5) is 0 Å². The van der Waals surface area contributed by atoms with Crippen LogP contribution < -0.4 is 15.0 Å². The summed E-state index contributed by atoms with van der Waals surface area (Å²) in [7, 11) is 1.60. The molecular weight excluding hydrogens is 382 g/mol. The Labute approximate surface area is 174 Å². The maximum Gasteiger partial charge on any atom is 0.260 e. The molecule has 0 atom stereocenters. The van der Waals surface area contributed by atoms with Crippen LogP contribution in [0, 0.1) is 6.92 Å². The van der Waals surface area contributed by atoms with Gasteiger partial charge in [-0.15, -0.1) is 0 Å². The minimum absolute atomic E-state index is 0.0469. The first kappa shape index (κ1) is 19.7. The second-order valence-electron chi connectivity index (χ2n) is 7.19. The third-order valence-corrected chi connectivity index (χ3v) is 5.23. The van der Waals surface area contributed by atoms with Crippen LogP contribution in [-0.2, 0) is 17.8 Å². The summed E-state index contributed by atoms with van der Waals surface area (Å²) in [6.45, 7) is 2.65. The van der Waals surface area contributed by atoms with Crippen LogP contribution in [-0.4, -0.2) is 41.0 Å². The maximum absolute atomic E-state index is 12.7. The van der Waals surface area contributed by atoms with E-state index in [0.29, 0.717) is 42.3 Å². The summed E-state index contributed by atoms with van der Waals surface area (Å²) in [5.41, 5.74) is 2.86. The number of hydrogen-bond donors (Lipinski definition) is 1. The Morgan fingerprint density at radius 1 is 1.17 bits per heavy atom. The molecule has 1 N–H and O–H groups in total. The van der Waals surface area contributed by atoms with Crippen LogP contribution in [0.15, 0.2) is 53.3 Å². The van der Waals surface area contributed by atoms with E-state index in [2.05, 4.69) is 9.97 Å². The van der Waals surface area contributed by atoms with E-state index in [1.807, 2.05) is 55.5 Å². The fourth-order valence-corrected chi connectivity index (χ4v) is 3.49. The van der Waals surface area contributed by atoms with Gasteiger partial charge >= 0.3 is 0 Å². The number of H-pyrrole nitrogens is 1. The first-order chi connectivity index (χ1) is 14.5. The van der Waals surface area contributed by atoms with Crippen LogP contribution in [0.1, 0.15) is 16.8 Å². The molecule has 1 aromatic heterocycles. The summed E-state index contributed by atoms with van der Waals surface area (Å²) in [5.74, 6) is 1.77. The van der Waals surface area contributed by atoms with E-state index in [1.54, 1.807) is 12.0 Å². The zero-order valence-corrected chi connectivity index (χ0v) is 17.0. The second kappa shape index (κ2) is 8.41. The highest BCUT2D eigenvalue weighted by molar-refractivity contribution is 5.78. The number of nitrogens with zero attached hydrogens (tertiary/aromatic N) is 2. The number of fused-ring (bicyclic) bond motifs is 1. The van der Waals surface area contributed by atoms with Crippen molar-refractivity contribution in [2.75, 3.05) is 20.3 Å². The van der Waals surface area contributed by atoms with Gasteiger partial charge in [0.25, 0.3) is 11.5 Å². The van der Waals surface area contributed by atoms with Crippen molar-refractivity contribution in [2.45, 2.75) is 19.9 Å². The fraction of sp³-hybridized carbons (Fsp3) is 0.261. The summed E-state index contributed by atoms with van der Waals surface area (Å²) < 4.78 is 10.9. The topological polar surface area (TPSA) is 84.5 Å². The number of benzene rings is 2. The zero-order chi connectivity index (χ0) is 21.1. The lowest BCUT2D eigenvalue weighted by atomic mass is 10.1. The van der Waals surface area contributed by atoms with Crippen LogP contribution in [0.25, 0.3) is 11.4 Å². The number of aryl methyl sites for hydroxylation is 1. The third kappa shape index (κ3) is 4.05. The molecular formula is C23H23N3O4. The van der Waals surface area contributed by atoms with Crippen molar-refractivity contribution in [1.29, 1.82) is 0 Å². The molecule has 30 heavy (non-hydrogen) atoms. The average Bonchev–Trinajstić information content (AvgIpc) is 2.78. The molecule has 0 bridgehead atoms. The van der Waals surface area contributed by atoms with Gasteiger partial charge in [-0.2, -0.15) is 0 Å². The molecule has 0 radical (unpaired) electrons. The highest BCUT2D eigenvalue weighted by Gasteiger charge is 2.25. The molecule has 4 rings (SSSR count). The van der Waals surface area contributed by atoms with E-state index in [4.69, 9.17) is 9.47 Å². The number of aromatic nitrogens is 2. The van der Waals surface area contributed by atoms with Crippen LogP contribution in [0.2, 0.25) is 0 Å². The van der Waals surface area contributed by atoms with Crippen LogP contribution in [0.3, 0.4) is 0 Å². The van der Waals surface area contributed by atoms with Gasteiger partial charge in [0.05, 0.1) is 19.3 Å². The summed E-state index contributed by atoms with van der Waals surface area (Å²) in [6, 6.07) is 14.9. The molecule has 0 saturated carbocycles. The Kier molecular flexibility index (Phi) is 5.52. The molecule has 3 aromatic rings. The number of methoxy groups -OCH3 is 1. The van der Waals surface area contributed by atoms with E-state index in [-0.39, 0.29) is 18.1 Å². The Morgan fingerprint density at radius 2 is 1.93 bits per heavy atom. The number of hydrogen-bond acceptors (Lipinski definition) is 5. The average molecular weight is 405 g/mol. The van der Waals surface area contributed by atoms with Crippen molar-refractivity contribution in [1.82, 2.24) is 14.9 Å². The van der Waals surface area contributed by atoms with Gasteiger partial charge in [0, 0.05) is 17.7 Å². The first-order valence-corrected chi connectivity index (χ1v) is 9.78. The van der Waals surface area contributed by atoms with E-state index in [0.717, 1.165) is 16.9 Å². The van der Waals surface area contributed by atoms with E-state index in [9.17, 15) is 9.59 Å². The van der Waals surface area contributed by atoms with Gasteiger partial charge in [0.1, 0.15) is 17.3 Å². The van der Waals surface area contributed by atoms with Crippen molar-refractivity contribution >= 4 is 5.91 Å². The highest BCUT2D eigenvalue weighted by atomic mass is 16.5. The van der Waals surface area contributed by atoms with E-state index >= 15 is 0 Å². The fourth-order valence-electron chi connectivity index (χ4n) is 3.49. The zero-order valence-electron chi connectivity index (χ0n) is 17.0. The van der Waals surface area contributed by atoms with Gasteiger partial charge in [-0.25, -0.2) is 4.98 Å². The quantitative estimate of drug-likeness (QED) is 0.706. The van der Waals surface area contributed by atoms with E-state index in [1.165, 1.54) is 0 Å². The Bertz CT molecular complexity index is 1120. The molecule has 0 unspecified atom stereocenters. The number of nitrogens with one attached hydrogen (secondary N) is 1. The number of para-hydroxylation sites is 1. The summed E-state index contributed by atoms with van der Waals surface area (Å²) in [4.78, 5) is 34.4. The maximum atomic E-state index is 12.7. The Morgan fingerprint density at radius 3 is 2.67 bits per heavy atom. The molecule has 1 amide bonds. The molecule has 7 nitrogen and oxygen atoms in total. The highest BCUT2D eigenvalue weighted by Crippen LogP contribution is 2.22. The van der Waals surface area contributed by atoms with Crippen molar-refractivity contribution in [3.05, 3.63) is 75.7 Å². The summed E-state index contributed by atoms with van der Waals surface area (Å²) in [6.07, 6.45) is 0.469. The van der Waals surface area contributed by atoms with E-state index < -0.39 is 0 Å². The van der Waals surface area contributed by atoms with Crippen molar-refractivity contribution in [3.8, 4) is 22.9 Å². The molecule has 2 heterocycles. The smallest absolute Gasteiger partial charge is 0.260 e. The molecule has 0 aliphatic carbocycles. The standard InChI is InChI=1S/C23H23N3O4/c1-15-5-3-4-6-20(15)30-14-21(27)26-12-11-18-19(13-26)24-22(25-23(18)28)16-7-9-17(29-2)10-8-16/h3-10H,11-14H2,1-2H3,(H,24,25,28). The van der Waals surface area contributed by atoms with Crippen LogP contribution >= 0.6 is 0 Å². The second-order valence-corrected chi connectivity index (χ2v) is 7.19. The number of ether oxygens (including phenoxy) is 2. The van der Waals surface area contributed by atoms with Gasteiger partial charge in [-0.05, 0) is 49.2 Å². The molecule has 1 aliphatic heterocycles. The first-order valence-electron chi connectivity index (χ1n) is 9.78. The number of rotatable bonds is 5. The lowest BCUT2D eigenvalue weighted by molar-refractivity contribution is -0.134. The van der Waals surface area contributed by atoms with Gasteiger partial charge in [-0.1, -0.05) is 18.2 Å². The monoisotopic (exact) mass is 405 g/mol. The number of carbonyl (C=O) groups is 1. The van der Waals surface area contributed by atoms with Gasteiger partial charge in [0.2, 0.25) is 0 Å². The SMILES string of the molecule is COc1ccc(-c2nc3c(c(=O)[nH]2)CCN(C(=O)COc2ccccc2C)C3)cc1. The van der Waals surface area contributed by atoms with Crippen LogP contribution in [0.5, 0.6) is 11.5 Å². The van der Waals surface area contributed by atoms with Crippen molar-refractivity contribution in [2.24, 2.45) is 0 Å². The summed E-state index contributed by atoms with van der Waals surface area (Å²) >= 11 is 0. The molecule has 154 valence electrons. The number of carbonyl (C=O) groups excluding carboxylic acids is 1. The number of aromatic amines is 1. The number of amides is 1. The normalized spacial score (nSPS) is 12.9. The Hall–Kier alpha value is -3.61. The molecule has 1 aliphatic rings. The van der Waals surface area contributed by atoms with Gasteiger partial charge in [-0.3, -0.25) is 9.59 Å². The van der Waals surface area contributed by atoms with Crippen molar-refractivity contribution in [3.63, 3.8) is 0 Å².